The molecule has 0 saturated carbocycles. The smallest absolute Gasteiger partial charge is 0.140 e. The van der Waals surface area contributed by atoms with Gasteiger partial charge in [-0.15, -0.1) is 24.8 Å². The third-order valence-corrected chi connectivity index (χ3v) is 3.68. The zero-order chi connectivity index (χ0) is 15.4. The first-order valence-corrected chi connectivity index (χ1v) is 7.48. The van der Waals surface area contributed by atoms with E-state index in [1.807, 2.05) is 24.5 Å². The molecule has 0 atom stereocenters. The van der Waals surface area contributed by atoms with Crippen LogP contribution in [0.1, 0.15) is 27.7 Å². The molecule has 0 saturated heterocycles. The summed E-state index contributed by atoms with van der Waals surface area (Å²) in [4.78, 5) is 11.0. The number of aromatic nitrogens is 3. The monoisotopic (exact) mass is 359 g/mol. The highest BCUT2D eigenvalue weighted by Crippen LogP contribution is 2.18. The summed E-state index contributed by atoms with van der Waals surface area (Å²) in [5.41, 5.74) is 6.77. The molecule has 0 bridgehead atoms. The normalized spacial score (nSPS) is 10.7. The van der Waals surface area contributed by atoms with Gasteiger partial charge in [0.15, 0.2) is 0 Å². The Morgan fingerprint density at radius 1 is 1.09 bits per heavy atom. The van der Waals surface area contributed by atoms with Gasteiger partial charge in [-0.1, -0.05) is 0 Å². The average molecular weight is 360 g/mol. The summed E-state index contributed by atoms with van der Waals surface area (Å²) in [6.45, 7) is 10.8. The van der Waals surface area contributed by atoms with Crippen molar-refractivity contribution < 1.29 is 0 Å². The van der Waals surface area contributed by atoms with E-state index in [9.17, 15) is 0 Å². The molecule has 23 heavy (non-hydrogen) atoms. The molecule has 0 unspecified atom stereocenters. The van der Waals surface area contributed by atoms with Crippen molar-refractivity contribution in [3.63, 3.8) is 0 Å². The molecule has 0 radical (unpaired) electrons. The molecule has 0 spiro atoms. The predicted molar refractivity (Wildman–Crippen MR) is 101 cm³/mol. The lowest BCUT2D eigenvalue weighted by Crippen LogP contribution is -2.39. The predicted octanol–water partition coefficient (Wildman–Crippen LogP) is 3.49. The lowest BCUT2D eigenvalue weighted by molar-refractivity contribution is 0.168. The van der Waals surface area contributed by atoms with Crippen molar-refractivity contribution in [1.29, 1.82) is 0 Å². The van der Waals surface area contributed by atoms with Crippen LogP contribution in [-0.4, -0.2) is 38.1 Å². The van der Waals surface area contributed by atoms with Gasteiger partial charge in [0, 0.05) is 49.3 Å². The Balaban J connectivity index is 0.00000242. The number of anilines is 1. The summed E-state index contributed by atoms with van der Waals surface area (Å²) in [6, 6.07) is 4.88. The maximum atomic E-state index is 5.76. The van der Waals surface area contributed by atoms with Gasteiger partial charge in [-0.25, -0.2) is 9.97 Å². The first-order chi connectivity index (χ1) is 9.99. The Kier molecular flexibility index (Phi) is 9.20. The number of rotatable bonds is 6. The molecule has 5 nitrogen and oxygen atoms in total. The van der Waals surface area contributed by atoms with E-state index in [2.05, 4.69) is 47.1 Å². The Bertz CT molecular complexity index is 575. The molecule has 2 N–H and O–H groups in total. The molecule has 2 aromatic heterocycles. The largest absolute Gasteiger partial charge is 0.384 e. The molecule has 2 aromatic rings. The van der Waals surface area contributed by atoms with E-state index >= 15 is 0 Å². The molecule has 0 aromatic carbocycles. The maximum Gasteiger partial charge on any atom is 0.140 e. The van der Waals surface area contributed by atoms with E-state index in [0.717, 1.165) is 24.5 Å². The number of halogens is 2. The second kappa shape index (κ2) is 9.75. The maximum absolute atomic E-state index is 5.76. The highest BCUT2D eigenvalue weighted by Gasteiger charge is 2.14. The minimum atomic E-state index is 0. The fourth-order valence-corrected chi connectivity index (χ4v) is 2.67. The van der Waals surface area contributed by atoms with Gasteiger partial charge in [0.1, 0.15) is 11.6 Å². The number of imidazole rings is 1. The van der Waals surface area contributed by atoms with Gasteiger partial charge < -0.3 is 10.3 Å². The van der Waals surface area contributed by atoms with Crippen LogP contribution in [0.2, 0.25) is 0 Å². The second-order valence-corrected chi connectivity index (χ2v) is 5.84. The second-order valence-electron chi connectivity index (χ2n) is 5.84. The average Bonchev–Trinajstić information content (AvgIpc) is 2.86. The van der Waals surface area contributed by atoms with Crippen LogP contribution in [0.4, 0.5) is 5.82 Å². The van der Waals surface area contributed by atoms with E-state index < -0.39 is 0 Å². The van der Waals surface area contributed by atoms with Crippen molar-refractivity contribution >= 4 is 30.6 Å². The number of nitrogens with two attached hydrogens (primary N) is 1. The van der Waals surface area contributed by atoms with Gasteiger partial charge in [-0.3, -0.25) is 4.90 Å². The van der Waals surface area contributed by atoms with Crippen LogP contribution in [0, 0.1) is 0 Å². The number of nitrogens with zero attached hydrogens (tertiary/aromatic N) is 4. The summed E-state index contributed by atoms with van der Waals surface area (Å²) in [5, 5.41) is 0. The molecule has 0 aliphatic carbocycles. The molecule has 2 rings (SSSR count). The summed E-state index contributed by atoms with van der Waals surface area (Å²) < 4.78 is 2.17. The quantitative estimate of drug-likeness (QED) is 0.857. The third kappa shape index (κ3) is 5.68. The molecular weight excluding hydrogens is 333 g/mol. The van der Waals surface area contributed by atoms with Gasteiger partial charge in [0.25, 0.3) is 0 Å². The number of hydrogen-bond acceptors (Lipinski definition) is 4. The molecule has 0 amide bonds. The van der Waals surface area contributed by atoms with Gasteiger partial charge >= 0.3 is 0 Å². The topological polar surface area (TPSA) is 60.0 Å². The van der Waals surface area contributed by atoms with Crippen LogP contribution in [0.3, 0.4) is 0 Å². The zero-order valence-electron chi connectivity index (χ0n) is 14.1. The van der Waals surface area contributed by atoms with Gasteiger partial charge in [-0.2, -0.15) is 0 Å². The first-order valence-electron chi connectivity index (χ1n) is 7.48. The van der Waals surface area contributed by atoms with E-state index in [1.54, 1.807) is 6.20 Å². The van der Waals surface area contributed by atoms with Gasteiger partial charge in [-0.05, 0) is 39.8 Å². The Hall–Kier alpha value is -1.30. The Labute approximate surface area is 151 Å². The van der Waals surface area contributed by atoms with E-state index in [4.69, 9.17) is 5.73 Å². The SMILES string of the molecule is CC(C)N(CCn1ccnc1-c1ccnc(N)c1)C(C)C.Cl.Cl. The van der Waals surface area contributed by atoms with Gasteiger partial charge in [0.2, 0.25) is 0 Å². The van der Waals surface area contributed by atoms with Crippen LogP contribution in [-0.2, 0) is 6.54 Å². The van der Waals surface area contributed by atoms with Crippen LogP contribution >= 0.6 is 24.8 Å². The molecular formula is C16H27Cl2N5. The summed E-state index contributed by atoms with van der Waals surface area (Å²) in [7, 11) is 0. The van der Waals surface area contributed by atoms with Crippen molar-refractivity contribution in [2.75, 3.05) is 12.3 Å². The molecule has 130 valence electrons. The van der Waals surface area contributed by atoms with Crippen LogP contribution < -0.4 is 5.73 Å². The van der Waals surface area contributed by atoms with Crippen molar-refractivity contribution in [3.8, 4) is 11.4 Å². The number of pyridine rings is 1. The number of nitrogen functional groups attached to an aromatic ring is 1. The lowest BCUT2D eigenvalue weighted by atomic mass is 10.2. The molecule has 0 fully saturated rings. The molecule has 0 aliphatic heterocycles. The van der Waals surface area contributed by atoms with E-state index in [0.29, 0.717) is 17.9 Å². The zero-order valence-corrected chi connectivity index (χ0v) is 15.8. The minimum Gasteiger partial charge on any atom is -0.384 e. The van der Waals surface area contributed by atoms with Crippen LogP contribution in [0.15, 0.2) is 30.7 Å². The fourth-order valence-electron chi connectivity index (χ4n) is 2.67. The van der Waals surface area contributed by atoms with Crippen molar-refractivity contribution in [2.24, 2.45) is 0 Å². The lowest BCUT2D eigenvalue weighted by Gasteiger charge is -2.30. The number of hydrogen-bond donors (Lipinski definition) is 1. The highest BCUT2D eigenvalue weighted by molar-refractivity contribution is 5.85. The van der Waals surface area contributed by atoms with Crippen LogP contribution in [0.5, 0.6) is 0 Å². The van der Waals surface area contributed by atoms with Crippen molar-refractivity contribution in [3.05, 3.63) is 30.7 Å². The third-order valence-electron chi connectivity index (χ3n) is 3.68. The Morgan fingerprint density at radius 2 is 1.74 bits per heavy atom. The van der Waals surface area contributed by atoms with Crippen molar-refractivity contribution in [2.45, 2.75) is 46.3 Å². The minimum absolute atomic E-state index is 0. The Morgan fingerprint density at radius 3 is 2.30 bits per heavy atom. The molecule has 0 aliphatic rings. The summed E-state index contributed by atoms with van der Waals surface area (Å²) >= 11 is 0. The molecule has 7 heteroatoms. The summed E-state index contributed by atoms with van der Waals surface area (Å²) in [5.74, 6) is 1.46. The molecule has 2 heterocycles. The van der Waals surface area contributed by atoms with Crippen LogP contribution in [0.25, 0.3) is 11.4 Å². The van der Waals surface area contributed by atoms with E-state index in [-0.39, 0.29) is 24.8 Å². The van der Waals surface area contributed by atoms with E-state index in [1.165, 1.54) is 0 Å². The standard InChI is InChI=1S/C16H25N5.2ClH/c1-12(2)21(13(3)4)10-9-20-8-7-19-16(20)14-5-6-18-15(17)11-14;;/h5-8,11-13H,9-10H2,1-4H3,(H2,17,18);2*1H. The van der Waals surface area contributed by atoms with Crippen molar-refractivity contribution in [1.82, 2.24) is 19.4 Å². The highest BCUT2D eigenvalue weighted by atomic mass is 35.5. The van der Waals surface area contributed by atoms with Gasteiger partial charge in [0.05, 0.1) is 0 Å². The first kappa shape index (κ1) is 21.7. The summed E-state index contributed by atoms with van der Waals surface area (Å²) in [6.07, 6.45) is 5.57. The fraction of sp³-hybridized carbons (Fsp3) is 0.500.